The predicted octanol–water partition coefficient (Wildman–Crippen LogP) is 1.48. The Kier molecular flexibility index (Phi) is 2.02. The number of carbonyl (C=O) groups is 2. The van der Waals surface area contributed by atoms with Crippen molar-refractivity contribution in [3.05, 3.63) is 0 Å². The zero-order valence-corrected chi connectivity index (χ0v) is 6.71. The van der Waals surface area contributed by atoms with Crippen LogP contribution in [0, 0.1) is 0 Å². The molecule has 1 unspecified atom stereocenters. The van der Waals surface area contributed by atoms with Crippen LogP contribution in [0.15, 0.2) is 0 Å². The summed E-state index contributed by atoms with van der Waals surface area (Å²) in [5.74, 6) is -0.242. The first-order chi connectivity index (χ1) is 4.57. The van der Waals surface area contributed by atoms with Crippen molar-refractivity contribution in [3.63, 3.8) is 0 Å². The van der Waals surface area contributed by atoms with Crippen molar-refractivity contribution in [1.29, 1.82) is 0 Å². The molecule has 10 heavy (non-hydrogen) atoms. The number of hydrogen-bond acceptors (Lipinski definition) is 2. The summed E-state index contributed by atoms with van der Waals surface area (Å²) in [6.45, 7) is 0. The van der Waals surface area contributed by atoms with Crippen LogP contribution in [-0.2, 0) is 9.59 Å². The second-order valence-electron chi connectivity index (χ2n) is 2.35. The molecule has 0 spiro atoms. The van der Waals surface area contributed by atoms with Gasteiger partial charge in [-0.1, -0.05) is 0 Å². The van der Waals surface area contributed by atoms with Crippen molar-refractivity contribution in [2.24, 2.45) is 0 Å². The largest absolute Gasteiger partial charge is 0.297 e. The minimum absolute atomic E-state index is 0.242. The molecule has 2 nitrogen and oxygen atoms in total. The molecule has 1 aliphatic rings. The number of hydrogen-bond donors (Lipinski definition) is 0. The van der Waals surface area contributed by atoms with Crippen LogP contribution in [0.3, 0.4) is 0 Å². The van der Waals surface area contributed by atoms with Crippen molar-refractivity contribution in [1.82, 2.24) is 0 Å². The van der Waals surface area contributed by atoms with E-state index < -0.39 is 10.1 Å². The number of carbonyl (C=O) groups excluding carboxylic acids is 2. The summed E-state index contributed by atoms with van der Waals surface area (Å²) >= 11 is 10.8. The van der Waals surface area contributed by atoms with Gasteiger partial charge in [-0.05, 0) is 24.4 Å². The third kappa shape index (κ3) is 1.06. The minimum atomic E-state index is -1.39. The summed E-state index contributed by atoms with van der Waals surface area (Å²) in [6.07, 6.45) is 1.43. The van der Waals surface area contributed by atoms with Crippen LogP contribution in [0.1, 0.15) is 19.3 Å². The van der Waals surface area contributed by atoms with Gasteiger partial charge in [-0.3, -0.25) is 9.59 Å². The molecule has 0 saturated heterocycles. The third-order valence-electron chi connectivity index (χ3n) is 1.68. The first-order valence-corrected chi connectivity index (χ1v) is 3.75. The molecule has 1 aliphatic carbocycles. The molecular formula is C6H6Cl2O2. The molecule has 56 valence electrons. The number of Topliss-reactive ketones (excluding diaryl/α,β-unsaturated/α-hetero) is 1. The van der Waals surface area contributed by atoms with Crippen LogP contribution in [0.4, 0.5) is 0 Å². The summed E-state index contributed by atoms with van der Waals surface area (Å²) in [5.41, 5.74) is 0. The monoisotopic (exact) mass is 180 g/mol. The predicted molar refractivity (Wildman–Crippen MR) is 38.3 cm³/mol. The molecule has 0 aromatic heterocycles. The molecule has 0 heterocycles. The lowest BCUT2D eigenvalue weighted by atomic mass is 10.1. The Hall–Kier alpha value is -0.0800. The van der Waals surface area contributed by atoms with Crippen molar-refractivity contribution < 1.29 is 9.59 Å². The quantitative estimate of drug-likeness (QED) is 0.348. The SMILES string of the molecule is O=C(Cl)C1(Cl)CCCC1=O. The molecule has 1 atom stereocenters. The first-order valence-electron chi connectivity index (χ1n) is 2.99. The molecule has 0 N–H and O–H groups in total. The summed E-state index contributed by atoms with van der Waals surface area (Å²) in [7, 11) is 0. The Labute approximate surface area is 68.5 Å². The fraction of sp³-hybridized carbons (Fsp3) is 0.667. The van der Waals surface area contributed by atoms with Crippen molar-refractivity contribution in [3.8, 4) is 0 Å². The van der Waals surface area contributed by atoms with Gasteiger partial charge in [-0.2, -0.15) is 0 Å². The van der Waals surface area contributed by atoms with E-state index in [1.54, 1.807) is 0 Å². The van der Waals surface area contributed by atoms with Gasteiger partial charge in [0.15, 0.2) is 10.7 Å². The van der Waals surface area contributed by atoms with Crippen molar-refractivity contribution >= 4 is 34.2 Å². The Morgan fingerprint density at radius 2 is 2.20 bits per heavy atom. The molecule has 0 bridgehead atoms. The second kappa shape index (κ2) is 2.51. The Bertz CT molecular complexity index is 190. The van der Waals surface area contributed by atoms with E-state index in [0.29, 0.717) is 19.3 Å². The molecule has 1 fully saturated rings. The van der Waals surface area contributed by atoms with Crippen LogP contribution in [0.2, 0.25) is 0 Å². The van der Waals surface area contributed by atoms with Crippen molar-refractivity contribution in [2.45, 2.75) is 24.1 Å². The lowest BCUT2D eigenvalue weighted by Gasteiger charge is -2.11. The molecule has 0 aromatic carbocycles. The summed E-state index contributed by atoms with van der Waals surface area (Å²) in [6, 6.07) is 0. The van der Waals surface area contributed by atoms with Gasteiger partial charge in [-0.25, -0.2) is 0 Å². The van der Waals surface area contributed by atoms with E-state index in [1.807, 2.05) is 0 Å². The van der Waals surface area contributed by atoms with E-state index in [4.69, 9.17) is 23.2 Å². The molecule has 0 amide bonds. The molecular weight excluding hydrogens is 175 g/mol. The van der Waals surface area contributed by atoms with Gasteiger partial charge in [0.25, 0.3) is 0 Å². The maximum absolute atomic E-state index is 10.9. The van der Waals surface area contributed by atoms with E-state index in [2.05, 4.69) is 0 Å². The highest BCUT2D eigenvalue weighted by Crippen LogP contribution is 2.34. The lowest BCUT2D eigenvalue weighted by molar-refractivity contribution is -0.125. The topological polar surface area (TPSA) is 34.1 Å². The van der Waals surface area contributed by atoms with E-state index in [-0.39, 0.29) is 5.78 Å². The fourth-order valence-corrected chi connectivity index (χ4v) is 1.47. The molecule has 4 heteroatoms. The van der Waals surface area contributed by atoms with E-state index in [9.17, 15) is 9.59 Å². The standard InChI is InChI=1S/C6H6Cl2O2/c7-5(10)6(8)3-1-2-4(6)9/h1-3H2. The van der Waals surface area contributed by atoms with Crippen LogP contribution < -0.4 is 0 Å². The number of halogens is 2. The average molecular weight is 181 g/mol. The van der Waals surface area contributed by atoms with Gasteiger partial charge in [0.05, 0.1) is 0 Å². The first kappa shape index (κ1) is 8.02. The number of alkyl halides is 1. The smallest absolute Gasteiger partial charge is 0.250 e. The van der Waals surface area contributed by atoms with Crippen LogP contribution in [-0.4, -0.2) is 15.9 Å². The van der Waals surface area contributed by atoms with Gasteiger partial charge >= 0.3 is 0 Å². The Balaban J connectivity index is 2.86. The van der Waals surface area contributed by atoms with Gasteiger partial charge < -0.3 is 0 Å². The zero-order chi connectivity index (χ0) is 7.78. The second-order valence-corrected chi connectivity index (χ2v) is 3.34. The maximum Gasteiger partial charge on any atom is 0.250 e. The van der Waals surface area contributed by atoms with E-state index in [0.717, 1.165) is 0 Å². The number of ketones is 1. The molecule has 1 saturated carbocycles. The van der Waals surface area contributed by atoms with E-state index in [1.165, 1.54) is 0 Å². The zero-order valence-electron chi connectivity index (χ0n) is 5.19. The van der Waals surface area contributed by atoms with Gasteiger partial charge in [0.2, 0.25) is 5.24 Å². The summed E-state index contributed by atoms with van der Waals surface area (Å²) in [5, 5.41) is -0.739. The van der Waals surface area contributed by atoms with Gasteiger partial charge in [0.1, 0.15) is 0 Å². The summed E-state index contributed by atoms with van der Waals surface area (Å²) in [4.78, 5) is 20.1. The van der Waals surface area contributed by atoms with E-state index >= 15 is 0 Å². The lowest BCUT2D eigenvalue weighted by Crippen LogP contribution is -2.33. The molecule has 1 rings (SSSR count). The molecule has 0 radical (unpaired) electrons. The summed E-state index contributed by atoms with van der Waals surface area (Å²) < 4.78 is 0. The molecule has 0 aliphatic heterocycles. The molecule has 0 aromatic rings. The number of rotatable bonds is 1. The van der Waals surface area contributed by atoms with Crippen molar-refractivity contribution in [2.75, 3.05) is 0 Å². The normalized spacial score (nSPS) is 32.8. The van der Waals surface area contributed by atoms with Crippen LogP contribution in [0.25, 0.3) is 0 Å². The maximum atomic E-state index is 10.9. The highest BCUT2D eigenvalue weighted by Gasteiger charge is 2.45. The fourth-order valence-electron chi connectivity index (χ4n) is 1.04. The minimum Gasteiger partial charge on any atom is -0.297 e. The van der Waals surface area contributed by atoms with Crippen LogP contribution in [0.5, 0.6) is 0 Å². The Morgan fingerprint density at radius 3 is 2.40 bits per heavy atom. The highest BCUT2D eigenvalue weighted by molar-refractivity contribution is 6.74. The average Bonchev–Trinajstić information content (AvgIpc) is 2.15. The third-order valence-corrected chi connectivity index (χ3v) is 2.67. The van der Waals surface area contributed by atoms with Crippen LogP contribution >= 0.6 is 23.2 Å². The van der Waals surface area contributed by atoms with Gasteiger partial charge in [0, 0.05) is 6.42 Å². The van der Waals surface area contributed by atoms with Gasteiger partial charge in [-0.15, -0.1) is 11.6 Å². The highest BCUT2D eigenvalue weighted by atomic mass is 35.5. The Morgan fingerprint density at radius 1 is 1.60 bits per heavy atom.